The third kappa shape index (κ3) is 3.64. The summed E-state index contributed by atoms with van der Waals surface area (Å²) in [7, 11) is 0. The van der Waals surface area contributed by atoms with Gasteiger partial charge in [0.2, 0.25) is 0 Å². The van der Waals surface area contributed by atoms with E-state index in [9.17, 15) is 8.78 Å². The highest BCUT2D eigenvalue weighted by Crippen LogP contribution is 2.39. The molecule has 2 N–H and O–H groups in total. The summed E-state index contributed by atoms with van der Waals surface area (Å²) in [4.78, 5) is 0. The smallest absolute Gasteiger partial charge is 0.171 e. The summed E-state index contributed by atoms with van der Waals surface area (Å²) in [6.45, 7) is 4.03. The van der Waals surface area contributed by atoms with E-state index in [0.717, 1.165) is 29.9 Å². The average Bonchev–Trinajstić information content (AvgIpc) is 2.50. The highest BCUT2D eigenvalue weighted by molar-refractivity contribution is 7.80. The van der Waals surface area contributed by atoms with E-state index in [0.29, 0.717) is 10.8 Å². The summed E-state index contributed by atoms with van der Waals surface area (Å²) in [6, 6.07) is 11.3. The van der Waals surface area contributed by atoms with Gasteiger partial charge in [-0.15, -0.1) is 0 Å². The Labute approximate surface area is 145 Å². The zero-order valence-electron chi connectivity index (χ0n) is 13.4. The van der Waals surface area contributed by atoms with Crippen LogP contribution in [0.1, 0.15) is 31.9 Å². The molecule has 3 rings (SSSR count). The van der Waals surface area contributed by atoms with Crippen LogP contribution in [0.3, 0.4) is 0 Å². The lowest BCUT2D eigenvalue weighted by Gasteiger charge is -2.38. The van der Waals surface area contributed by atoms with Crippen molar-refractivity contribution >= 4 is 23.0 Å². The Bertz CT molecular complexity index is 779. The third-order valence-electron chi connectivity index (χ3n) is 3.86. The minimum Gasteiger partial charge on any atom is -0.487 e. The molecule has 0 saturated heterocycles. The number of para-hydroxylation sites is 1. The van der Waals surface area contributed by atoms with Gasteiger partial charge in [0.1, 0.15) is 11.4 Å². The van der Waals surface area contributed by atoms with Crippen LogP contribution in [-0.2, 0) is 0 Å². The first-order valence-corrected chi connectivity index (χ1v) is 8.05. The van der Waals surface area contributed by atoms with Crippen molar-refractivity contribution in [1.82, 2.24) is 5.32 Å². The molecule has 1 heterocycles. The van der Waals surface area contributed by atoms with E-state index in [-0.39, 0.29) is 11.6 Å². The normalized spacial score (nSPS) is 18.2. The van der Waals surface area contributed by atoms with E-state index in [4.69, 9.17) is 17.0 Å². The fourth-order valence-corrected chi connectivity index (χ4v) is 3.09. The van der Waals surface area contributed by atoms with Gasteiger partial charge in [-0.3, -0.25) is 0 Å². The van der Waals surface area contributed by atoms with Gasteiger partial charge in [0.15, 0.2) is 16.7 Å². The molecule has 2 aromatic rings. The van der Waals surface area contributed by atoms with E-state index in [1.165, 1.54) is 6.07 Å². The summed E-state index contributed by atoms with van der Waals surface area (Å²) >= 11 is 5.32. The van der Waals surface area contributed by atoms with Crippen molar-refractivity contribution in [2.75, 3.05) is 5.32 Å². The second kappa shape index (κ2) is 6.36. The first-order valence-electron chi connectivity index (χ1n) is 7.64. The molecule has 0 radical (unpaired) electrons. The topological polar surface area (TPSA) is 33.3 Å². The van der Waals surface area contributed by atoms with Gasteiger partial charge in [-0.1, -0.05) is 18.2 Å². The fourth-order valence-electron chi connectivity index (χ4n) is 2.83. The van der Waals surface area contributed by atoms with Crippen molar-refractivity contribution in [3.8, 4) is 5.75 Å². The first kappa shape index (κ1) is 16.6. The summed E-state index contributed by atoms with van der Waals surface area (Å²) in [5.41, 5.74) is 1.08. The molecule has 0 fully saturated rings. The van der Waals surface area contributed by atoms with Crippen LogP contribution >= 0.6 is 12.2 Å². The zero-order chi connectivity index (χ0) is 17.3. The van der Waals surface area contributed by atoms with Gasteiger partial charge >= 0.3 is 0 Å². The Morgan fingerprint density at radius 1 is 1.17 bits per heavy atom. The lowest BCUT2D eigenvalue weighted by molar-refractivity contribution is 0.0697. The van der Waals surface area contributed by atoms with Gasteiger partial charge in [0.05, 0.1) is 6.04 Å². The first-order chi connectivity index (χ1) is 11.3. The number of hydrogen-bond acceptors (Lipinski definition) is 2. The number of halogens is 2. The fraction of sp³-hybridized carbons (Fsp3) is 0.278. The van der Waals surface area contributed by atoms with Gasteiger partial charge in [0.25, 0.3) is 0 Å². The molecule has 6 heteroatoms. The highest BCUT2D eigenvalue weighted by Gasteiger charge is 2.33. The number of rotatable bonds is 2. The van der Waals surface area contributed by atoms with E-state index in [2.05, 4.69) is 10.6 Å². The summed E-state index contributed by atoms with van der Waals surface area (Å²) in [5.74, 6) is -0.984. The van der Waals surface area contributed by atoms with Crippen LogP contribution in [0.2, 0.25) is 0 Å². The van der Waals surface area contributed by atoms with Crippen molar-refractivity contribution in [3.05, 3.63) is 59.7 Å². The molecule has 2 aromatic carbocycles. The maximum Gasteiger partial charge on any atom is 0.171 e. The van der Waals surface area contributed by atoms with Crippen LogP contribution < -0.4 is 15.4 Å². The largest absolute Gasteiger partial charge is 0.487 e. The molecule has 0 aromatic heterocycles. The van der Waals surface area contributed by atoms with Crippen molar-refractivity contribution in [2.24, 2.45) is 0 Å². The Hall–Kier alpha value is -2.21. The van der Waals surface area contributed by atoms with Gasteiger partial charge in [-0.2, -0.15) is 0 Å². The number of ether oxygens (including phenoxy) is 1. The highest BCUT2D eigenvalue weighted by atomic mass is 32.1. The number of thiocarbonyl (C=S) groups is 1. The average molecular weight is 348 g/mol. The molecule has 0 amide bonds. The Morgan fingerprint density at radius 3 is 2.67 bits per heavy atom. The summed E-state index contributed by atoms with van der Waals surface area (Å²) in [5, 5.41) is 6.47. The van der Waals surface area contributed by atoms with Crippen LogP contribution in [0.5, 0.6) is 5.75 Å². The molecule has 1 atom stereocenters. The van der Waals surface area contributed by atoms with Crippen molar-refractivity contribution in [1.29, 1.82) is 0 Å². The SMILES string of the molecule is CC1(C)CC(NC(=S)Nc2ccc(F)c(F)c2)c2ccccc2O1. The Balaban J connectivity index is 1.75. The van der Waals surface area contributed by atoms with Crippen LogP contribution in [0.25, 0.3) is 0 Å². The molecular formula is C18H18F2N2OS. The minimum absolute atomic E-state index is 0.0322. The van der Waals surface area contributed by atoms with E-state index < -0.39 is 11.6 Å². The van der Waals surface area contributed by atoms with E-state index in [1.54, 1.807) is 0 Å². The number of nitrogens with one attached hydrogen (secondary N) is 2. The van der Waals surface area contributed by atoms with Gasteiger partial charge in [-0.05, 0) is 44.3 Å². The molecule has 3 nitrogen and oxygen atoms in total. The summed E-state index contributed by atoms with van der Waals surface area (Å²) < 4.78 is 32.3. The van der Waals surface area contributed by atoms with Crippen LogP contribution in [0.15, 0.2) is 42.5 Å². The molecule has 126 valence electrons. The summed E-state index contributed by atoms with van der Waals surface area (Å²) in [6.07, 6.45) is 0.726. The third-order valence-corrected chi connectivity index (χ3v) is 4.08. The Morgan fingerprint density at radius 2 is 1.92 bits per heavy atom. The Kier molecular flexibility index (Phi) is 4.41. The number of hydrogen-bond donors (Lipinski definition) is 2. The quantitative estimate of drug-likeness (QED) is 0.780. The molecular weight excluding hydrogens is 330 g/mol. The van der Waals surface area contributed by atoms with Crippen LogP contribution in [-0.4, -0.2) is 10.7 Å². The van der Waals surface area contributed by atoms with Crippen LogP contribution in [0.4, 0.5) is 14.5 Å². The lowest BCUT2D eigenvalue weighted by atomic mass is 9.90. The maximum absolute atomic E-state index is 13.3. The number of benzene rings is 2. The predicted molar refractivity (Wildman–Crippen MR) is 94.2 cm³/mol. The second-order valence-electron chi connectivity index (χ2n) is 6.38. The van der Waals surface area contributed by atoms with Gasteiger partial charge in [-0.25, -0.2) is 8.78 Å². The van der Waals surface area contributed by atoms with Gasteiger partial charge in [0, 0.05) is 23.7 Å². The molecule has 1 unspecified atom stereocenters. The zero-order valence-corrected chi connectivity index (χ0v) is 14.2. The molecule has 0 spiro atoms. The predicted octanol–water partition coefficient (Wildman–Crippen LogP) is 4.55. The molecule has 1 aliphatic heterocycles. The minimum atomic E-state index is -0.916. The lowest BCUT2D eigenvalue weighted by Crippen LogP contribution is -2.42. The number of fused-ring (bicyclic) bond motifs is 1. The monoisotopic (exact) mass is 348 g/mol. The second-order valence-corrected chi connectivity index (χ2v) is 6.79. The molecule has 0 bridgehead atoms. The van der Waals surface area contributed by atoms with Crippen molar-refractivity contribution in [3.63, 3.8) is 0 Å². The number of anilines is 1. The standard InChI is InChI=1S/C18H18F2N2OS/c1-18(2)10-15(12-5-3-4-6-16(12)23-18)22-17(24)21-11-7-8-13(19)14(20)9-11/h3-9,15H,10H2,1-2H3,(H2,21,22,24). The molecule has 0 aliphatic carbocycles. The molecule has 1 aliphatic rings. The molecule has 0 saturated carbocycles. The van der Waals surface area contributed by atoms with Gasteiger partial charge < -0.3 is 15.4 Å². The maximum atomic E-state index is 13.3. The molecule has 24 heavy (non-hydrogen) atoms. The van der Waals surface area contributed by atoms with Crippen LogP contribution in [0, 0.1) is 11.6 Å². The van der Waals surface area contributed by atoms with Crippen molar-refractivity contribution < 1.29 is 13.5 Å². The van der Waals surface area contributed by atoms with E-state index >= 15 is 0 Å². The van der Waals surface area contributed by atoms with E-state index in [1.807, 2.05) is 38.1 Å². The van der Waals surface area contributed by atoms with Crippen molar-refractivity contribution in [2.45, 2.75) is 31.9 Å².